The minimum atomic E-state index is -4.43. The molecule has 0 amide bonds. The van der Waals surface area contributed by atoms with E-state index in [0.29, 0.717) is 17.9 Å². The third-order valence-corrected chi connectivity index (χ3v) is 3.70. The lowest BCUT2D eigenvalue weighted by atomic mass is 9.99. The van der Waals surface area contributed by atoms with Gasteiger partial charge in [-0.05, 0) is 25.8 Å². The first-order valence-corrected chi connectivity index (χ1v) is 7.25. The summed E-state index contributed by atoms with van der Waals surface area (Å²) in [5.74, 6) is 0.926. The van der Waals surface area contributed by atoms with Crippen molar-refractivity contribution >= 4 is 0 Å². The molecule has 0 N–H and O–H groups in total. The normalized spacial score (nSPS) is 15.3. The Bertz CT molecular complexity index is 660. The lowest BCUT2D eigenvalue weighted by Crippen LogP contribution is -2.08. The van der Waals surface area contributed by atoms with Crippen LogP contribution in [0.15, 0.2) is 28.8 Å². The van der Waals surface area contributed by atoms with E-state index in [4.69, 9.17) is 9.26 Å². The van der Waals surface area contributed by atoms with Gasteiger partial charge in [0.1, 0.15) is 11.5 Å². The van der Waals surface area contributed by atoms with Crippen LogP contribution in [0.4, 0.5) is 13.2 Å². The monoisotopic (exact) mass is 311 g/mol. The van der Waals surface area contributed by atoms with Crippen LogP contribution in [0.25, 0.3) is 11.3 Å². The number of nitrogens with zero attached hydrogens (tertiary/aromatic N) is 1. The lowest BCUT2D eigenvalue weighted by molar-refractivity contribution is -0.137. The SMILES string of the molecule is CCOCc1c(-c2ccccc2C(F)(F)F)noc1C1CC1. The van der Waals surface area contributed by atoms with Gasteiger partial charge < -0.3 is 9.26 Å². The third kappa shape index (κ3) is 2.88. The lowest BCUT2D eigenvalue weighted by Gasteiger charge is -2.12. The zero-order valence-electron chi connectivity index (χ0n) is 12.1. The van der Waals surface area contributed by atoms with Crippen molar-refractivity contribution in [3.8, 4) is 11.3 Å². The Morgan fingerprint density at radius 2 is 2.00 bits per heavy atom. The van der Waals surface area contributed by atoms with Gasteiger partial charge in [0.05, 0.1) is 12.2 Å². The number of halogens is 3. The molecule has 0 radical (unpaired) electrons. The molecule has 0 atom stereocenters. The topological polar surface area (TPSA) is 35.3 Å². The molecule has 1 aromatic heterocycles. The smallest absolute Gasteiger partial charge is 0.377 e. The first-order valence-electron chi connectivity index (χ1n) is 7.25. The molecule has 22 heavy (non-hydrogen) atoms. The molecule has 1 aliphatic carbocycles. The summed E-state index contributed by atoms with van der Waals surface area (Å²) < 4.78 is 50.4. The molecule has 118 valence electrons. The minimum Gasteiger partial charge on any atom is -0.377 e. The minimum absolute atomic E-state index is 0.0420. The Labute approximate surface area is 126 Å². The summed E-state index contributed by atoms with van der Waals surface area (Å²) in [5.41, 5.74) is 0.216. The Balaban J connectivity index is 2.08. The number of ether oxygens (including phenoxy) is 1. The highest BCUT2D eigenvalue weighted by Gasteiger charge is 2.37. The summed E-state index contributed by atoms with van der Waals surface area (Å²) in [4.78, 5) is 0. The van der Waals surface area contributed by atoms with Gasteiger partial charge in [0.2, 0.25) is 0 Å². The van der Waals surface area contributed by atoms with Crippen LogP contribution in [0.1, 0.15) is 42.6 Å². The summed E-state index contributed by atoms with van der Waals surface area (Å²) in [6.45, 7) is 2.54. The van der Waals surface area contributed by atoms with Crippen molar-refractivity contribution in [2.24, 2.45) is 0 Å². The van der Waals surface area contributed by atoms with Crippen molar-refractivity contribution in [2.75, 3.05) is 6.61 Å². The van der Waals surface area contributed by atoms with Crippen LogP contribution in [0, 0.1) is 0 Å². The zero-order chi connectivity index (χ0) is 15.7. The fraction of sp³-hybridized carbons (Fsp3) is 0.438. The number of aromatic nitrogens is 1. The summed E-state index contributed by atoms with van der Waals surface area (Å²) >= 11 is 0. The number of hydrogen-bond donors (Lipinski definition) is 0. The molecule has 0 saturated heterocycles. The Morgan fingerprint density at radius 3 is 2.64 bits per heavy atom. The summed E-state index contributed by atoms with van der Waals surface area (Å²) in [7, 11) is 0. The quantitative estimate of drug-likeness (QED) is 0.797. The van der Waals surface area contributed by atoms with Crippen molar-refractivity contribution in [3.05, 3.63) is 41.2 Å². The van der Waals surface area contributed by atoms with Gasteiger partial charge in [-0.3, -0.25) is 0 Å². The molecular weight excluding hydrogens is 295 g/mol. The molecule has 1 fully saturated rings. The number of hydrogen-bond acceptors (Lipinski definition) is 3. The number of rotatable bonds is 5. The highest BCUT2D eigenvalue weighted by atomic mass is 19.4. The molecule has 0 spiro atoms. The maximum absolute atomic E-state index is 13.2. The average Bonchev–Trinajstić information content (AvgIpc) is 3.24. The van der Waals surface area contributed by atoms with Gasteiger partial charge >= 0.3 is 6.18 Å². The van der Waals surface area contributed by atoms with E-state index in [9.17, 15) is 13.2 Å². The molecule has 0 unspecified atom stereocenters. The van der Waals surface area contributed by atoms with Crippen molar-refractivity contribution in [3.63, 3.8) is 0 Å². The van der Waals surface area contributed by atoms with Crippen LogP contribution in [0.2, 0.25) is 0 Å². The van der Waals surface area contributed by atoms with Gasteiger partial charge in [-0.25, -0.2) is 0 Å². The third-order valence-electron chi connectivity index (χ3n) is 3.70. The number of benzene rings is 1. The van der Waals surface area contributed by atoms with Crippen LogP contribution >= 0.6 is 0 Å². The highest BCUT2D eigenvalue weighted by Crippen LogP contribution is 2.45. The molecule has 0 bridgehead atoms. The molecule has 0 aliphatic heterocycles. The maximum Gasteiger partial charge on any atom is 0.417 e. The van der Waals surface area contributed by atoms with Gasteiger partial charge in [0.15, 0.2) is 0 Å². The van der Waals surface area contributed by atoms with Crippen LogP contribution in [0.5, 0.6) is 0 Å². The second kappa shape index (κ2) is 5.76. The first kappa shape index (κ1) is 15.1. The van der Waals surface area contributed by atoms with E-state index in [0.717, 1.165) is 18.9 Å². The molecular formula is C16H16F3NO2. The van der Waals surface area contributed by atoms with Crippen LogP contribution in [-0.2, 0) is 17.5 Å². The molecule has 3 rings (SSSR count). The predicted molar refractivity (Wildman–Crippen MR) is 74.2 cm³/mol. The van der Waals surface area contributed by atoms with E-state index in [-0.39, 0.29) is 23.8 Å². The maximum atomic E-state index is 13.2. The molecule has 6 heteroatoms. The Hall–Kier alpha value is -1.82. The van der Waals surface area contributed by atoms with Gasteiger partial charge in [0.25, 0.3) is 0 Å². The molecule has 2 aromatic rings. The molecule has 1 saturated carbocycles. The largest absolute Gasteiger partial charge is 0.417 e. The first-order chi connectivity index (χ1) is 10.5. The highest BCUT2D eigenvalue weighted by molar-refractivity contribution is 5.68. The van der Waals surface area contributed by atoms with Crippen molar-refractivity contribution in [1.82, 2.24) is 5.16 Å². The molecule has 1 aliphatic rings. The fourth-order valence-corrected chi connectivity index (χ4v) is 2.48. The van der Waals surface area contributed by atoms with E-state index in [1.165, 1.54) is 12.1 Å². The Morgan fingerprint density at radius 1 is 1.27 bits per heavy atom. The molecule has 1 heterocycles. The number of alkyl halides is 3. The predicted octanol–water partition coefficient (Wildman–Crippen LogP) is 4.77. The van der Waals surface area contributed by atoms with Crippen molar-refractivity contribution in [2.45, 2.75) is 38.5 Å². The second-order valence-electron chi connectivity index (χ2n) is 5.33. The molecule has 3 nitrogen and oxygen atoms in total. The average molecular weight is 311 g/mol. The zero-order valence-corrected chi connectivity index (χ0v) is 12.1. The van der Waals surface area contributed by atoms with Gasteiger partial charge in [-0.1, -0.05) is 23.4 Å². The van der Waals surface area contributed by atoms with Crippen molar-refractivity contribution in [1.29, 1.82) is 0 Å². The van der Waals surface area contributed by atoms with Gasteiger partial charge in [-0.15, -0.1) is 0 Å². The Kier molecular flexibility index (Phi) is 3.95. The van der Waals surface area contributed by atoms with Crippen LogP contribution < -0.4 is 0 Å². The van der Waals surface area contributed by atoms with Crippen LogP contribution in [0.3, 0.4) is 0 Å². The van der Waals surface area contributed by atoms with E-state index < -0.39 is 11.7 Å². The van der Waals surface area contributed by atoms with E-state index >= 15 is 0 Å². The fourth-order valence-electron chi connectivity index (χ4n) is 2.48. The van der Waals surface area contributed by atoms with Gasteiger partial charge in [0, 0.05) is 23.7 Å². The van der Waals surface area contributed by atoms with E-state index in [2.05, 4.69) is 5.16 Å². The van der Waals surface area contributed by atoms with Gasteiger partial charge in [-0.2, -0.15) is 13.2 Å². The van der Waals surface area contributed by atoms with Crippen molar-refractivity contribution < 1.29 is 22.4 Å². The van der Waals surface area contributed by atoms with E-state index in [1.807, 2.05) is 6.92 Å². The van der Waals surface area contributed by atoms with E-state index in [1.54, 1.807) is 6.07 Å². The summed E-state index contributed by atoms with van der Waals surface area (Å²) in [6, 6.07) is 5.43. The summed E-state index contributed by atoms with van der Waals surface area (Å²) in [5, 5.41) is 3.92. The molecule has 1 aromatic carbocycles. The second-order valence-corrected chi connectivity index (χ2v) is 5.33. The standard InChI is InChI=1S/C16H16F3NO2/c1-2-21-9-12-14(20-22-15(12)10-7-8-10)11-5-3-4-6-13(11)16(17,18)19/h3-6,10H,2,7-9H2,1H3. The summed E-state index contributed by atoms with van der Waals surface area (Å²) in [6.07, 6.45) is -2.47. The van der Waals surface area contributed by atoms with Crippen LogP contribution in [-0.4, -0.2) is 11.8 Å².